The molecule has 114 valence electrons. The molecule has 1 saturated heterocycles. The van der Waals surface area contributed by atoms with Crippen molar-refractivity contribution in [3.63, 3.8) is 0 Å². The van der Waals surface area contributed by atoms with Crippen LogP contribution in [0.3, 0.4) is 0 Å². The summed E-state index contributed by atoms with van der Waals surface area (Å²) >= 11 is 0. The van der Waals surface area contributed by atoms with Crippen molar-refractivity contribution in [2.75, 3.05) is 31.5 Å². The summed E-state index contributed by atoms with van der Waals surface area (Å²) in [6, 6.07) is 1.48. The van der Waals surface area contributed by atoms with Crippen LogP contribution in [0.4, 0.5) is 10.7 Å². The average molecular weight is 292 g/mol. The molecular weight excluding hydrogens is 272 g/mol. The van der Waals surface area contributed by atoms with E-state index in [1.807, 2.05) is 4.90 Å². The number of carbonyl (C=O) groups excluding carboxylic acids is 2. The molecule has 0 radical (unpaired) electrons. The average Bonchev–Trinajstić information content (AvgIpc) is 3.26. The van der Waals surface area contributed by atoms with E-state index in [1.165, 1.54) is 0 Å². The Morgan fingerprint density at radius 2 is 1.95 bits per heavy atom. The van der Waals surface area contributed by atoms with Crippen LogP contribution < -0.4 is 5.32 Å². The van der Waals surface area contributed by atoms with Crippen LogP contribution in [0.25, 0.3) is 0 Å². The SMILES string of the molecule is Cc1cc(NC(=O)N2CCCN(C(=O)C3CC3)CC2)on1. The summed E-state index contributed by atoms with van der Waals surface area (Å²) in [6.45, 7) is 4.34. The molecular formula is C14H20N4O3. The van der Waals surface area contributed by atoms with Crippen molar-refractivity contribution in [3.05, 3.63) is 11.8 Å². The summed E-state index contributed by atoms with van der Waals surface area (Å²) in [5, 5.41) is 6.43. The zero-order valence-corrected chi connectivity index (χ0v) is 12.2. The lowest BCUT2D eigenvalue weighted by Gasteiger charge is -2.22. The summed E-state index contributed by atoms with van der Waals surface area (Å²) in [5.74, 6) is 0.846. The van der Waals surface area contributed by atoms with E-state index in [2.05, 4.69) is 10.5 Å². The van der Waals surface area contributed by atoms with Gasteiger partial charge in [0.25, 0.3) is 0 Å². The third-order valence-electron chi connectivity index (χ3n) is 3.88. The van der Waals surface area contributed by atoms with Crippen molar-refractivity contribution in [3.8, 4) is 0 Å². The van der Waals surface area contributed by atoms with Crippen LogP contribution in [0.15, 0.2) is 10.6 Å². The summed E-state index contributed by atoms with van der Waals surface area (Å²) < 4.78 is 4.98. The first-order valence-corrected chi connectivity index (χ1v) is 7.41. The number of rotatable bonds is 2. The first-order valence-electron chi connectivity index (χ1n) is 7.41. The largest absolute Gasteiger partial charge is 0.341 e. The minimum atomic E-state index is -0.202. The number of nitrogens with zero attached hydrogens (tertiary/aromatic N) is 3. The van der Waals surface area contributed by atoms with Crippen LogP contribution in [0.5, 0.6) is 0 Å². The van der Waals surface area contributed by atoms with Gasteiger partial charge in [0.2, 0.25) is 11.8 Å². The zero-order chi connectivity index (χ0) is 14.8. The van der Waals surface area contributed by atoms with Gasteiger partial charge in [-0.25, -0.2) is 4.79 Å². The van der Waals surface area contributed by atoms with Gasteiger partial charge in [-0.05, 0) is 26.2 Å². The molecule has 1 aliphatic heterocycles. The zero-order valence-electron chi connectivity index (χ0n) is 12.2. The molecule has 0 bridgehead atoms. The molecule has 0 spiro atoms. The second-order valence-electron chi connectivity index (χ2n) is 5.70. The molecule has 21 heavy (non-hydrogen) atoms. The van der Waals surface area contributed by atoms with Gasteiger partial charge in [-0.3, -0.25) is 10.1 Å². The normalized spacial score (nSPS) is 19.3. The molecule has 0 aromatic carbocycles. The van der Waals surface area contributed by atoms with E-state index in [0.29, 0.717) is 25.5 Å². The lowest BCUT2D eigenvalue weighted by molar-refractivity contribution is -0.132. The molecule has 7 heteroatoms. The number of amides is 3. The van der Waals surface area contributed by atoms with Crippen LogP contribution in [0.2, 0.25) is 0 Å². The Morgan fingerprint density at radius 3 is 2.62 bits per heavy atom. The number of aryl methyl sites for hydroxylation is 1. The van der Waals surface area contributed by atoms with Gasteiger partial charge in [0.15, 0.2) is 0 Å². The lowest BCUT2D eigenvalue weighted by atomic mass is 10.3. The van der Waals surface area contributed by atoms with Crippen molar-refractivity contribution < 1.29 is 14.1 Å². The van der Waals surface area contributed by atoms with Crippen molar-refractivity contribution in [2.24, 2.45) is 5.92 Å². The second-order valence-corrected chi connectivity index (χ2v) is 5.70. The van der Waals surface area contributed by atoms with E-state index >= 15 is 0 Å². The molecule has 3 amide bonds. The predicted octanol–water partition coefficient (Wildman–Crippen LogP) is 1.46. The topological polar surface area (TPSA) is 78.7 Å². The molecule has 0 unspecified atom stereocenters. The minimum Gasteiger partial charge on any atom is -0.341 e. The van der Waals surface area contributed by atoms with E-state index in [4.69, 9.17) is 4.52 Å². The summed E-state index contributed by atoms with van der Waals surface area (Å²) in [4.78, 5) is 27.9. The Balaban J connectivity index is 1.54. The van der Waals surface area contributed by atoms with Gasteiger partial charge in [-0.15, -0.1) is 0 Å². The molecule has 1 N–H and O–H groups in total. The first-order chi connectivity index (χ1) is 10.1. The molecule has 1 aromatic heterocycles. The predicted molar refractivity (Wildman–Crippen MR) is 75.8 cm³/mol. The van der Waals surface area contributed by atoms with Crippen LogP contribution >= 0.6 is 0 Å². The summed E-state index contributed by atoms with van der Waals surface area (Å²) in [5.41, 5.74) is 0.724. The van der Waals surface area contributed by atoms with Gasteiger partial charge in [-0.1, -0.05) is 5.16 Å². The highest BCUT2D eigenvalue weighted by molar-refractivity contribution is 5.88. The maximum atomic E-state index is 12.2. The Labute approximate surface area is 123 Å². The summed E-state index contributed by atoms with van der Waals surface area (Å²) in [6.07, 6.45) is 2.84. The fraction of sp³-hybridized carbons (Fsp3) is 0.643. The minimum absolute atomic E-state index is 0.202. The van der Waals surface area contributed by atoms with Gasteiger partial charge in [0, 0.05) is 38.2 Å². The van der Waals surface area contributed by atoms with E-state index in [0.717, 1.165) is 31.5 Å². The van der Waals surface area contributed by atoms with Gasteiger partial charge in [0.05, 0.1) is 5.69 Å². The highest BCUT2D eigenvalue weighted by atomic mass is 16.5. The first kappa shape index (κ1) is 13.9. The van der Waals surface area contributed by atoms with Crippen molar-refractivity contribution in [1.29, 1.82) is 0 Å². The van der Waals surface area contributed by atoms with E-state index < -0.39 is 0 Å². The fourth-order valence-corrected chi connectivity index (χ4v) is 2.54. The Bertz CT molecular complexity index is 538. The van der Waals surface area contributed by atoms with Gasteiger partial charge < -0.3 is 14.3 Å². The Hall–Kier alpha value is -2.05. The third-order valence-corrected chi connectivity index (χ3v) is 3.88. The van der Waals surface area contributed by atoms with Crippen molar-refractivity contribution >= 4 is 17.8 Å². The maximum Gasteiger partial charge on any atom is 0.324 e. The Morgan fingerprint density at radius 1 is 1.24 bits per heavy atom. The third kappa shape index (κ3) is 3.34. The highest BCUT2D eigenvalue weighted by Crippen LogP contribution is 2.31. The lowest BCUT2D eigenvalue weighted by Crippen LogP contribution is -2.39. The number of urea groups is 1. The monoisotopic (exact) mass is 292 g/mol. The maximum absolute atomic E-state index is 12.2. The van der Waals surface area contributed by atoms with E-state index in [-0.39, 0.29) is 17.9 Å². The van der Waals surface area contributed by atoms with Gasteiger partial charge in [0.1, 0.15) is 0 Å². The molecule has 0 atom stereocenters. The summed E-state index contributed by atoms with van der Waals surface area (Å²) in [7, 11) is 0. The van der Waals surface area contributed by atoms with Gasteiger partial charge in [-0.2, -0.15) is 0 Å². The molecule has 1 aromatic rings. The molecule has 2 fully saturated rings. The molecule has 1 aliphatic carbocycles. The number of hydrogen-bond donors (Lipinski definition) is 1. The standard InChI is InChI=1S/C14H20N4O3/c1-10-9-12(21-16-10)15-14(20)18-6-2-5-17(7-8-18)13(19)11-3-4-11/h9,11H,2-8H2,1H3,(H,15,20). The highest BCUT2D eigenvalue weighted by Gasteiger charge is 2.34. The number of aromatic nitrogens is 1. The molecule has 3 rings (SSSR count). The van der Waals surface area contributed by atoms with E-state index in [1.54, 1.807) is 17.9 Å². The Kier molecular flexibility index (Phi) is 3.81. The van der Waals surface area contributed by atoms with Gasteiger partial charge >= 0.3 is 6.03 Å². The van der Waals surface area contributed by atoms with Crippen LogP contribution in [-0.2, 0) is 4.79 Å². The fourth-order valence-electron chi connectivity index (χ4n) is 2.54. The number of hydrogen-bond acceptors (Lipinski definition) is 4. The molecule has 7 nitrogen and oxygen atoms in total. The van der Waals surface area contributed by atoms with Crippen LogP contribution in [-0.4, -0.2) is 53.1 Å². The molecule has 1 saturated carbocycles. The smallest absolute Gasteiger partial charge is 0.324 e. The number of nitrogens with one attached hydrogen (secondary N) is 1. The van der Waals surface area contributed by atoms with Crippen LogP contribution in [0.1, 0.15) is 25.0 Å². The number of carbonyl (C=O) groups is 2. The number of anilines is 1. The molecule has 2 heterocycles. The van der Waals surface area contributed by atoms with Crippen molar-refractivity contribution in [2.45, 2.75) is 26.2 Å². The second kappa shape index (κ2) is 5.75. The van der Waals surface area contributed by atoms with E-state index in [9.17, 15) is 9.59 Å². The van der Waals surface area contributed by atoms with Crippen LogP contribution in [0, 0.1) is 12.8 Å². The quantitative estimate of drug-likeness (QED) is 0.895. The van der Waals surface area contributed by atoms with Crippen molar-refractivity contribution in [1.82, 2.24) is 15.0 Å². The molecule has 2 aliphatic rings.